The Morgan fingerprint density at radius 3 is 2.47 bits per heavy atom. The largest absolute Gasteiger partial charge is 0.481 e. The molecular weight excluding hydrogens is 220 g/mol. The van der Waals surface area contributed by atoms with E-state index in [4.69, 9.17) is 0 Å². The Morgan fingerprint density at radius 2 is 2.06 bits per heavy atom. The average molecular weight is 242 g/mol. The number of carboxylic acids is 1. The van der Waals surface area contributed by atoms with E-state index in [-0.39, 0.29) is 6.03 Å². The summed E-state index contributed by atoms with van der Waals surface area (Å²) in [6.45, 7) is 5.49. The molecule has 0 aromatic heterocycles. The van der Waals surface area contributed by atoms with Crippen molar-refractivity contribution in [3.05, 3.63) is 0 Å². The Balaban J connectivity index is 2.66. The number of carboxylic acid groups (broad SMARTS) is 1. The van der Waals surface area contributed by atoms with Crippen LogP contribution >= 0.6 is 0 Å². The van der Waals surface area contributed by atoms with Gasteiger partial charge < -0.3 is 14.9 Å². The van der Waals surface area contributed by atoms with Crippen LogP contribution in [0.1, 0.15) is 33.1 Å². The molecule has 1 unspecified atom stereocenters. The first kappa shape index (κ1) is 13.8. The monoisotopic (exact) mass is 242 g/mol. The number of likely N-dealkylation sites (tertiary alicyclic amines) is 1. The maximum Gasteiger partial charge on any atom is 0.319 e. The molecule has 1 fully saturated rings. The van der Waals surface area contributed by atoms with Gasteiger partial charge in [-0.15, -0.1) is 0 Å². The van der Waals surface area contributed by atoms with Crippen LogP contribution in [-0.4, -0.2) is 53.6 Å². The lowest BCUT2D eigenvalue weighted by atomic mass is 9.84. The van der Waals surface area contributed by atoms with Crippen LogP contribution in [0.2, 0.25) is 0 Å². The quantitative estimate of drug-likeness (QED) is 0.815. The van der Waals surface area contributed by atoms with Crippen LogP contribution in [0.25, 0.3) is 0 Å². The highest BCUT2D eigenvalue weighted by molar-refractivity contribution is 5.79. The zero-order valence-corrected chi connectivity index (χ0v) is 10.9. The lowest BCUT2D eigenvalue weighted by Gasteiger charge is -2.26. The van der Waals surface area contributed by atoms with Crippen LogP contribution in [-0.2, 0) is 4.79 Å². The molecule has 98 valence electrons. The lowest BCUT2D eigenvalue weighted by molar-refractivity contribution is -0.148. The molecule has 0 bridgehead atoms. The Bertz CT molecular complexity index is 306. The number of hydrogen-bond donors (Lipinski definition) is 1. The summed E-state index contributed by atoms with van der Waals surface area (Å²) in [6.07, 6.45) is 2.04. The number of aliphatic carboxylic acids is 1. The standard InChI is InChI=1S/C12H22N2O3/c1-4-7-13(3)11(17)14-8-6-12(5-2,9-14)10(15)16/h4-9H2,1-3H3,(H,15,16). The maximum absolute atomic E-state index is 12.0. The van der Waals surface area contributed by atoms with E-state index in [0.29, 0.717) is 32.5 Å². The van der Waals surface area contributed by atoms with E-state index < -0.39 is 11.4 Å². The Labute approximate surface area is 102 Å². The molecule has 1 rings (SSSR count). The Hall–Kier alpha value is -1.26. The van der Waals surface area contributed by atoms with E-state index in [1.807, 2.05) is 13.8 Å². The summed E-state index contributed by atoms with van der Waals surface area (Å²) in [4.78, 5) is 26.6. The van der Waals surface area contributed by atoms with Gasteiger partial charge in [-0.2, -0.15) is 0 Å². The summed E-state index contributed by atoms with van der Waals surface area (Å²) in [5, 5.41) is 9.25. The number of amides is 2. The number of hydrogen-bond acceptors (Lipinski definition) is 2. The van der Waals surface area contributed by atoms with Crippen molar-refractivity contribution in [2.45, 2.75) is 33.1 Å². The molecule has 0 aromatic carbocycles. The zero-order valence-electron chi connectivity index (χ0n) is 10.9. The highest BCUT2D eigenvalue weighted by atomic mass is 16.4. The highest BCUT2D eigenvalue weighted by Gasteiger charge is 2.45. The van der Waals surface area contributed by atoms with Crippen molar-refractivity contribution in [1.29, 1.82) is 0 Å². The van der Waals surface area contributed by atoms with Crippen molar-refractivity contribution in [2.75, 3.05) is 26.7 Å². The topological polar surface area (TPSA) is 60.9 Å². The van der Waals surface area contributed by atoms with Crippen molar-refractivity contribution in [3.63, 3.8) is 0 Å². The molecule has 1 saturated heterocycles. The first-order valence-electron chi connectivity index (χ1n) is 6.20. The minimum Gasteiger partial charge on any atom is -0.481 e. The van der Waals surface area contributed by atoms with Crippen LogP contribution in [0.5, 0.6) is 0 Å². The van der Waals surface area contributed by atoms with Gasteiger partial charge in [0.15, 0.2) is 0 Å². The van der Waals surface area contributed by atoms with Gasteiger partial charge in [0.25, 0.3) is 0 Å². The predicted octanol–water partition coefficient (Wildman–Crippen LogP) is 1.63. The summed E-state index contributed by atoms with van der Waals surface area (Å²) in [6, 6.07) is -0.0524. The van der Waals surface area contributed by atoms with E-state index in [9.17, 15) is 14.7 Å². The van der Waals surface area contributed by atoms with Crippen molar-refractivity contribution in [1.82, 2.24) is 9.80 Å². The lowest BCUT2D eigenvalue weighted by Crippen LogP contribution is -2.42. The second-order valence-electron chi connectivity index (χ2n) is 4.81. The molecule has 1 heterocycles. The maximum atomic E-state index is 12.0. The summed E-state index contributed by atoms with van der Waals surface area (Å²) in [5.74, 6) is -0.784. The van der Waals surface area contributed by atoms with E-state index in [0.717, 1.165) is 6.42 Å². The third kappa shape index (κ3) is 2.70. The summed E-state index contributed by atoms with van der Waals surface area (Å²) in [7, 11) is 1.76. The summed E-state index contributed by atoms with van der Waals surface area (Å²) < 4.78 is 0. The van der Waals surface area contributed by atoms with Crippen LogP contribution in [0.15, 0.2) is 0 Å². The minimum absolute atomic E-state index is 0.0524. The molecule has 0 saturated carbocycles. The fourth-order valence-electron chi connectivity index (χ4n) is 2.32. The third-order valence-corrected chi connectivity index (χ3v) is 3.64. The Morgan fingerprint density at radius 1 is 1.41 bits per heavy atom. The van der Waals surface area contributed by atoms with Crippen LogP contribution in [0.3, 0.4) is 0 Å². The summed E-state index contributed by atoms with van der Waals surface area (Å²) in [5.41, 5.74) is -0.733. The fourth-order valence-corrected chi connectivity index (χ4v) is 2.32. The van der Waals surface area contributed by atoms with Crippen LogP contribution < -0.4 is 0 Å². The zero-order chi connectivity index (χ0) is 13.1. The van der Waals surface area contributed by atoms with Crippen molar-refractivity contribution < 1.29 is 14.7 Å². The van der Waals surface area contributed by atoms with Crippen molar-refractivity contribution in [2.24, 2.45) is 5.41 Å². The molecule has 1 atom stereocenters. The molecule has 0 radical (unpaired) electrons. The van der Waals surface area contributed by atoms with Gasteiger partial charge in [0.2, 0.25) is 0 Å². The second-order valence-corrected chi connectivity index (χ2v) is 4.81. The summed E-state index contributed by atoms with van der Waals surface area (Å²) >= 11 is 0. The molecule has 1 N–H and O–H groups in total. The van der Waals surface area contributed by atoms with Crippen LogP contribution in [0, 0.1) is 5.41 Å². The number of carbonyl (C=O) groups excluding carboxylic acids is 1. The molecule has 0 aliphatic carbocycles. The van der Waals surface area contributed by atoms with Crippen molar-refractivity contribution >= 4 is 12.0 Å². The first-order chi connectivity index (χ1) is 7.96. The van der Waals surface area contributed by atoms with E-state index in [1.165, 1.54) is 0 Å². The number of nitrogens with zero attached hydrogens (tertiary/aromatic N) is 2. The van der Waals surface area contributed by atoms with Gasteiger partial charge in [0, 0.05) is 26.7 Å². The number of carbonyl (C=O) groups is 2. The first-order valence-corrected chi connectivity index (χ1v) is 6.20. The van der Waals surface area contributed by atoms with E-state index >= 15 is 0 Å². The molecule has 0 aromatic rings. The molecule has 5 nitrogen and oxygen atoms in total. The number of urea groups is 1. The van der Waals surface area contributed by atoms with Crippen LogP contribution in [0.4, 0.5) is 4.79 Å². The molecular formula is C12H22N2O3. The van der Waals surface area contributed by atoms with Gasteiger partial charge in [-0.25, -0.2) is 4.79 Å². The Kier molecular flexibility index (Phi) is 4.37. The van der Waals surface area contributed by atoms with Gasteiger partial charge in [-0.3, -0.25) is 4.79 Å². The fraction of sp³-hybridized carbons (Fsp3) is 0.833. The minimum atomic E-state index is -0.784. The second kappa shape index (κ2) is 5.38. The molecule has 5 heteroatoms. The molecule has 2 amide bonds. The highest BCUT2D eigenvalue weighted by Crippen LogP contribution is 2.34. The van der Waals surface area contributed by atoms with Gasteiger partial charge in [-0.05, 0) is 19.3 Å². The van der Waals surface area contributed by atoms with Gasteiger partial charge in [0.05, 0.1) is 5.41 Å². The normalized spacial score (nSPS) is 23.8. The molecule has 1 aliphatic heterocycles. The molecule has 0 spiro atoms. The van der Waals surface area contributed by atoms with Gasteiger partial charge >= 0.3 is 12.0 Å². The van der Waals surface area contributed by atoms with Crippen molar-refractivity contribution in [3.8, 4) is 0 Å². The average Bonchev–Trinajstić information content (AvgIpc) is 2.74. The third-order valence-electron chi connectivity index (χ3n) is 3.64. The predicted molar refractivity (Wildman–Crippen MR) is 64.9 cm³/mol. The SMILES string of the molecule is CCCN(C)C(=O)N1CCC(CC)(C(=O)O)C1. The molecule has 1 aliphatic rings. The van der Waals surface area contributed by atoms with Gasteiger partial charge in [0.1, 0.15) is 0 Å². The van der Waals surface area contributed by atoms with Gasteiger partial charge in [-0.1, -0.05) is 13.8 Å². The number of rotatable bonds is 4. The molecule has 17 heavy (non-hydrogen) atoms. The smallest absolute Gasteiger partial charge is 0.319 e. The van der Waals surface area contributed by atoms with E-state index in [2.05, 4.69) is 0 Å². The van der Waals surface area contributed by atoms with E-state index in [1.54, 1.807) is 16.8 Å².